The number of hydrogen-bond donors (Lipinski definition) is 2. The van der Waals surface area contributed by atoms with Crippen molar-refractivity contribution in [3.8, 4) is 0 Å². The maximum absolute atomic E-state index is 13.7. The van der Waals surface area contributed by atoms with Crippen molar-refractivity contribution >= 4 is 23.4 Å². The molecule has 0 saturated heterocycles. The molecule has 0 radical (unpaired) electrons. The van der Waals surface area contributed by atoms with E-state index in [2.05, 4.69) is 16.6 Å². The molecule has 31 heavy (non-hydrogen) atoms. The molecule has 0 unspecified atom stereocenters. The molecule has 0 saturated carbocycles. The van der Waals surface area contributed by atoms with Gasteiger partial charge in [-0.15, -0.1) is 0 Å². The number of ether oxygens (including phenoxy) is 1. The van der Waals surface area contributed by atoms with Gasteiger partial charge in [-0.25, -0.2) is 13.2 Å². The number of nitrogens with two attached hydrogens (primary N) is 2. The average Bonchev–Trinajstić information content (AvgIpc) is 2.67. The minimum Gasteiger partial charge on any atom is -0.494 e. The third-order valence-electron chi connectivity index (χ3n) is 3.59. The Labute approximate surface area is 175 Å². The van der Waals surface area contributed by atoms with Gasteiger partial charge in [-0.3, -0.25) is 9.98 Å². The normalized spacial score (nSPS) is 13.9. The first kappa shape index (κ1) is 25.8. The van der Waals surface area contributed by atoms with Gasteiger partial charge in [0.15, 0.2) is 0 Å². The topological polar surface area (TPSA) is 86.0 Å². The highest BCUT2D eigenvalue weighted by Gasteiger charge is 2.31. The molecule has 0 heterocycles. The fourth-order valence-electron chi connectivity index (χ4n) is 2.23. The van der Waals surface area contributed by atoms with Crippen LogP contribution in [-0.4, -0.2) is 37.7 Å². The summed E-state index contributed by atoms with van der Waals surface area (Å²) in [6, 6.07) is 3.35. The van der Waals surface area contributed by atoms with E-state index in [0.717, 1.165) is 24.5 Å². The molecule has 0 fully saturated rings. The number of rotatable bonds is 10. The second kappa shape index (κ2) is 11.8. The molecule has 170 valence electrons. The maximum atomic E-state index is 13.7. The molecule has 0 aliphatic heterocycles. The zero-order valence-electron chi connectivity index (χ0n) is 16.6. The number of hydrogen-bond acceptors (Lipinski definition) is 5. The van der Waals surface area contributed by atoms with Gasteiger partial charge in [0, 0.05) is 23.9 Å². The summed E-state index contributed by atoms with van der Waals surface area (Å²) in [6.07, 6.45) is -5.29. The van der Waals surface area contributed by atoms with Crippen molar-refractivity contribution in [2.45, 2.75) is 25.9 Å². The Bertz CT molecular complexity index is 888. The van der Waals surface area contributed by atoms with Gasteiger partial charge in [0.1, 0.15) is 17.3 Å². The highest BCUT2D eigenvalue weighted by atomic mass is 19.4. The molecule has 4 N–H and O–H groups in total. The van der Waals surface area contributed by atoms with Gasteiger partial charge in [-0.1, -0.05) is 6.58 Å². The molecule has 11 heteroatoms. The highest BCUT2D eigenvalue weighted by molar-refractivity contribution is 6.02. The Hall–Kier alpha value is -3.24. The van der Waals surface area contributed by atoms with E-state index in [4.69, 9.17) is 16.2 Å². The molecule has 0 aromatic heterocycles. The molecule has 1 rings (SSSR count). The summed E-state index contributed by atoms with van der Waals surface area (Å²) >= 11 is 0. The van der Waals surface area contributed by atoms with Crippen LogP contribution in [0.4, 0.5) is 32.0 Å². The fraction of sp³-hybridized carbons (Fsp3) is 0.300. The van der Waals surface area contributed by atoms with E-state index in [1.54, 1.807) is 6.92 Å². The van der Waals surface area contributed by atoms with Crippen LogP contribution in [0, 0.1) is 5.82 Å². The van der Waals surface area contributed by atoms with Gasteiger partial charge in [-0.2, -0.15) is 13.2 Å². The summed E-state index contributed by atoms with van der Waals surface area (Å²) in [6.45, 7) is 4.74. The van der Waals surface area contributed by atoms with Crippen molar-refractivity contribution < 1.29 is 31.1 Å². The third-order valence-corrected chi connectivity index (χ3v) is 3.59. The van der Waals surface area contributed by atoms with Crippen LogP contribution in [0.2, 0.25) is 0 Å². The average molecular weight is 448 g/mol. The second-order valence-electron chi connectivity index (χ2n) is 6.02. The van der Waals surface area contributed by atoms with Crippen LogP contribution in [0.5, 0.6) is 0 Å². The monoisotopic (exact) mass is 448 g/mol. The summed E-state index contributed by atoms with van der Waals surface area (Å²) in [4.78, 5) is 7.61. The molecule has 0 aliphatic carbocycles. The fourth-order valence-corrected chi connectivity index (χ4v) is 2.23. The van der Waals surface area contributed by atoms with Gasteiger partial charge in [-0.05, 0) is 43.0 Å². The van der Waals surface area contributed by atoms with Crippen molar-refractivity contribution in [3.05, 3.63) is 59.7 Å². The lowest BCUT2D eigenvalue weighted by atomic mass is 10.1. The van der Waals surface area contributed by atoms with E-state index < -0.39 is 30.7 Å². The Balaban J connectivity index is 3.46. The van der Waals surface area contributed by atoms with Crippen LogP contribution in [-0.2, 0) is 4.74 Å². The summed E-state index contributed by atoms with van der Waals surface area (Å²) in [7, 11) is 0. The summed E-state index contributed by atoms with van der Waals surface area (Å²) < 4.78 is 82.3. The van der Waals surface area contributed by atoms with E-state index in [0.29, 0.717) is 6.08 Å². The lowest BCUT2D eigenvalue weighted by molar-refractivity contribution is -0.0925. The van der Waals surface area contributed by atoms with Crippen molar-refractivity contribution in [2.75, 3.05) is 13.2 Å². The van der Waals surface area contributed by atoms with E-state index in [-0.39, 0.29) is 41.3 Å². The Kier molecular flexibility index (Phi) is 9.84. The van der Waals surface area contributed by atoms with Gasteiger partial charge < -0.3 is 16.2 Å². The Morgan fingerprint density at radius 2 is 1.97 bits per heavy atom. The largest absolute Gasteiger partial charge is 0.494 e. The van der Waals surface area contributed by atoms with Crippen molar-refractivity contribution in [3.63, 3.8) is 0 Å². The van der Waals surface area contributed by atoms with Crippen LogP contribution < -0.4 is 11.5 Å². The number of alkyl halides is 5. The zero-order valence-corrected chi connectivity index (χ0v) is 16.6. The SMILES string of the molecule is C=C(OCC)c1cc(F)ccc1N=C(C=C(N)C(F)(F)F)CC(C=NCC(F)F)=CN. The lowest BCUT2D eigenvalue weighted by Gasteiger charge is -2.12. The lowest BCUT2D eigenvalue weighted by Crippen LogP contribution is -2.21. The number of halogens is 6. The second-order valence-corrected chi connectivity index (χ2v) is 6.02. The Morgan fingerprint density at radius 1 is 1.29 bits per heavy atom. The first-order valence-electron chi connectivity index (χ1n) is 8.90. The van der Waals surface area contributed by atoms with Crippen LogP contribution in [0.3, 0.4) is 0 Å². The highest BCUT2D eigenvalue weighted by Crippen LogP contribution is 2.29. The van der Waals surface area contributed by atoms with E-state index in [9.17, 15) is 26.3 Å². The van der Waals surface area contributed by atoms with Crippen LogP contribution in [0.15, 0.2) is 58.3 Å². The van der Waals surface area contributed by atoms with Crippen LogP contribution in [0.25, 0.3) is 5.76 Å². The van der Waals surface area contributed by atoms with Crippen LogP contribution >= 0.6 is 0 Å². The van der Waals surface area contributed by atoms with E-state index >= 15 is 0 Å². The van der Waals surface area contributed by atoms with Gasteiger partial charge in [0.25, 0.3) is 6.43 Å². The van der Waals surface area contributed by atoms with E-state index in [1.807, 2.05) is 0 Å². The Morgan fingerprint density at radius 3 is 2.52 bits per heavy atom. The van der Waals surface area contributed by atoms with Crippen molar-refractivity contribution in [1.29, 1.82) is 0 Å². The molecule has 0 bridgehead atoms. The van der Waals surface area contributed by atoms with Crippen molar-refractivity contribution in [1.82, 2.24) is 0 Å². The third kappa shape index (κ3) is 8.97. The molecule has 0 aliphatic rings. The van der Waals surface area contributed by atoms with Gasteiger partial charge in [0.05, 0.1) is 18.8 Å². The molecule has 0 spiro atoms. The van der Waals surface area contributed by atoms with Crippen LogP contribution in [0.1, 0.15) is 18.9 Å². The minimum atomic E-state index is -4.84. The molecule has 1 aromatic carbocycles. The van der Waals surface area contributed by atoms with E-state index in [1.165, 1.54) is 6.07 Å². The standard InChI is InChI=1S/C20H22F6N4O/c1-3-31-12(2)16-7-14(21)4-5-17(16)30-15(8-18(28)20(24,25)26)6-13(9-27)10-29-11-19(22)23/h4-5,7-10,19H,2-3,6,11,27-28H2,1H3. The summed E-state index contributed by atoms with van der Waals surface area (Å²) in [5.41, 5.74) is 9.14. The van der Waals surface area contributed by atoms with Gasteiger partial charge >= 0.3 is 6.18 Å². The zero-order chi connectivity index (χ0) is 23.6. The maximum Gasteiger partial charge on any atom is 0.430 e. The molecule has 5 nitrogen and oxygen atoms in total. The molecule has 0 atom stereocenters. The molecule has 0 amide bonds. The van der Waals surface area contributed by atoms with Gasteiger partial charge in [0.2, 0.25) is 0 Å². The number of nitrogens with zero attached hydrogens (tertiary/aromatic N) is 2. The van der Waals surface area contributed by atoms with Crippen molar-refractivity contribution in [2.24, 2.45) is 21.5 Å². The first-order valence-corrected chi connectivity index (χ1v) is 8.90. The summed E-state index contributed by atoms with van der Waals surface area (Å²) in [5, 5.41) is 0. The molecular formula is C20H22F6N4O. The molecule has 1 aromatic rings. The minimum absolute atomic E-state index is 0.0564. The number of allylic oxidation sites excluding steroid dienone is 3. The number of benzene rings is 1. The quantitative estimate of drug-likeness (QED) is 0.304. The summed E-state index contributed by atoms with van der Waals surface area (Å²) in [5.74, 6) is -0.579. The smallest absolute Gasteiger partial charge is 0.430 e. The first-order chi connectivity index (χ1) is 14.5. The predicted octanol–water partition coefficient (Wildman–Crippen LogP) is 4.88. The predicted molar refractivity (Wildman–Crippen MR) is 109 cm³/mol. The number of aliphatic imine (C=N–C) groups is 2. The molecular weight excluding hydrogens is 426 g/mol.